The van der Waals surface area contributed by atoms with Crippen LogP contribution < -0.4 is 4.72 Å². The Kier molecular flexibility index (Phi) is 4.35. The molecule has 2 aromatic rings. The first-order valence-corrected chi connectivity index (χ1v) is 8.22. The molecule has 0 spiro atoms. The van der Waals surface area contributed by atoms with Gasteiger partial charge in [-0.25, -0.2) is 13.4 Å². The summed E-state index contributed by atoms with van der Waals surface area (Å²) in [5.74, 6) is -1.60. The molecule has 1 heterocycles. The Balaban J connectivity index is 2.14. The first-order chi connectivity index (χ1) is 9.46. The molecule has 1 aromatic heterocycles. The molecule has 0 saturated heterocycles. The average molecular weight is 312 g/mol. The summed E-state index contributed by atoms with van der Waals surface area (Å²) < 4.78 is 25.8. The lowest BCUT2D eigenvalue weighted by molar-refractivity contribution is -0.136. The fourth-order valence-corrected chi connectivity index (χ4v) is 3.20. The Morgan fingerprint density at radius 1 is 1.40 bits per heavy atom. The van der Waals surface area contributed by atoms with Crippen LogP contribution in [0.15, 0.2) is 35.8 Å². The number of rotatable bonds is 6. The number of thiazole rings is 1. The van der Waals surface area contributed by atoms with Crippen LogP contribution in [0.4, 0.5) is 5.69 Å². The number of carboxylic acid groups (broad SMARTS) is 1. The fourth-order valence-electron chi connectivity index (χ4n) is 1.53. The van der Waals surface area contributed by atoms with E-state index in [1.807, 2.05) is 11.4 Å². The summed E-state index contributed by atoms with van der Waals surface area (Å²) in [4.78, 5) is 14.6. The Hall–Kier alpha value is -1.93. The zero-order valence-electron chi connectivity index (χ0n) is 10.3. The van der Waals surface area contributed by atoms with Gasteiger partial charge in [-0.15, -0.1) is 11.3 Å². The molecule has 0 aliphatic rings. The van der Waals surface area contributed by atoms with Crippen molar-refractivity contribution in [2.24, 2.45) is 0 Å². The number of anilines is 1. The van der Waals surface area contributed by atoms with E-state index < -0.39 is 28.2 Å². The van der Waals surface area contributed by atoms with Crippen LogP contribution in [0.5, 0.6) is 0 Å². The molecule has 106 valence electrons. The van der Waals surface area contributed by atoms with Crippen molar-refractivity contribution in [2.75, 3.05) is 10.5 Å². The van der Waals surface area contributed by atoms with Crippen molar-refractivity contribution in [3.63, 3.8) is 0 Å². The van der Waals surface area contributed by atoms with Gasteiger partial charge in [0.25, 0.3) is 0 Å². The number of benzene rings is 1. The SMILES string of the molecule is O=C(O)CCS(=O)(=O)Nc1cccc(-c2nccs2)c1. The third kappa shape index (κ3) is 4.04. The minimum Gasteiger partial charge on any atom is -0.481 e. The Bertz CT molecular complexity index is 696. The van der Waals surface area contributed by atoms with E-state index in [0.29, 0.717) is 5.69 Å². The molecule has 0 saturated carbocycles. The molecule has 0 atom stereocenters. The van der Waals surface area contributed by atoms with E-state index in [1.165, 1.54) is 11.3 Å². The maximum atomic E-state index is 11.7. The third-order valence-electron chi connectivity index (χ3n) is 2.40. The molecule has 1 aromatic carbocycles. The van der Waals surface area contributed by atoms with Crippen molar-refractivity contribution in [3.8, 4) is 10.6 Å². The second-order valence-corrected chi connectivity index (χ2v) is 6.72. The monoisotopic (exact) mass is 312 g/mol. The Morgan fingerprint density at radius 3 is 2.85 bits per heavy atom. The van der Waals surface area contributed by atoms with E-state index >= 15 is 0 Å². The number of nitrogens with zero attached hydrogens (tertiary/aromatic N) is 1. The summed E-state index contributed by atoms with van der Waals surface area (Å²) in [6.45, 7) is 0. The van der Waals surface area contributed by atoms with Gasteiger partial charge in [0.15, 0.2) is 0 Å². The van der Waals surface area contributed by atoms with Crippen LogP contribution in [0.2, 0.25) is 0 Å². The van der Waals surface area contributed by atoms with Crippen LogP contribution in [0, 0.1) is 0 Å². The zero-order valence-corrected chi connectivity index (χ0v) is 11.9. The summed E-state index contributed by atoms with van der Waals surface area (Å²) in [7, 11) is -3.66. The number of aliphatic carboxylic acids is 1. The first-order valence-electron chi connectivity index (χ1n) is 5.68. The predicted molar refractivity (Wildman–Crippen MR) is 77.2 cm³/mol. The molecule has 0 bridgehead atoms. The number of nitrogens with one attached hydrogen (secondary N) is 1. The summed E-state index contributed by atoms with van der Waals surface area (Å²) >= 11 is 1.45. The van der Waals surface area contributed by atoms with E-state index in [1.54, 1.807) is 24.4 Å². The number of hydrogen-bond acceptors (Lipinski definition) is 5. The Labute approximate surface area is 120 Å². The van der Waals surface area contributed by atoms with Crippen molar-refractivity contribution in [2.45, 2.75) is 6.42 Å². The average Bonchev–Trinajstić information content (AvgIpc) is 2.90. The van der Waals surface area contributed by atoms with E-state index in [-0.39, 0.29) is 0 Å². The lowest BCUT2D eigenvalue weighted by Crippen LogP contribution is -2.18. The number of carboxylic acids is 1. The van der Waals surface area contributed by atoms with Gasteiger partial charge in [0.2, 0.25) is 10.0 Å². The fraction of sp³-hybridized carbons (Fsp3) is 0.167. The molecule has 2 rings (SSSR count). The van der Waals surface area contributed by atoms with Crippen LogP contribution in [0.3, 0.4) is 0 Å². The molecule has 0 unspecified atom stereocenters. The van der Waals surface area contributed by atoms with Crippen LogP contribution in [0.25, 0.3) is 10.6 Å². The largest absolute Gasteiger partial charge is 0.481 e. The van der Waals surface area contributed by atoms with Crippen LogP contribution in [0.1, 0.15) is 6.42 Å². The molecule has 6 nitrogen and oxygen atoms in total. The minimum atomic E-state index is -3.66. The second kappa shape index (κ2) is 6.02. The van der Waals surface area contributed by atoms with E-state index in [2.05, 4.69) is 9.71 Å². The van der Waals surface area contributed by atoms with Crippen molar-refractivity contribution < 1.29 is 18.3 Å². The summed E-state index contributed by atoms with van der Waals surface area (Å²) in [5.41, 5.74) is 1.20. The van der Waals surface area contributed by atoms with Gasteiger partial charge in [-0.3, -0.25) is 9.52 Å². The van der Waals surface area contributed by atoms with E-state index in [0.717, 1.165) is 10.6 Å². The van der Waals surface area contributed by atoms with Crippen molar-refractivity contribution >= 4 is 33.0 Å². The standard InChI is InChI=1S/C12H12N2O4S2/c15-11(16)4-7-20(17,18)14-10-3-1-2-9(8-10)12-13-5-6-19-12/h1-3,5-6,8,14H,4,7H2,(H,15,16). The smallest absolute Gasteiger partial charge is 0.304 e. The molecular formula is C12H12N2O4S2. The van der Waals surface area contributed by atoms with Crippen molar-refractivity contribution in [1.82, 2.24) is 4.98 Å². The molecule has 0 aliphatic carbocycles. The molecule has 0 amide bonds. The number of aromatic nitrogens is 1. The molecule has 20 heavy (non-hydrogen) atoms. The maximum Gasteiger partial charge on any atom is 0.304 e. The summed E-state index contributed by atoms with van der Waals surface area (Å²) in [6.07, 6.45) is 1.24. The highest BCUT2D eigenvalue weighted by molar-refractivity contribution is 7.92. The van der Waals surface area contributed by atoms with Crippen LogP contribution in [-0.2, 0) is 14.8 Å². The summed E-state index contributed by atoms with van der Waals surface area (Å²) in [5, 5.41) is 11.1. The maximum absolute atomic E-state index is 11.7. The normalized spacial score (nSPS) is 11.2. The van der Waals surface area contributed by atoms with Gasteiger partial charge in [-0.05, 0) is 12.1 Å². The molecule has 0 fully saturated rings. The molecule has 2 N–H and O–H groups in total. The van der Waals surface area contributed by atoms with Gasteiger partial charge in [0, 0.05) is 22.8 Å². The molecule has 0 aliphatic heterocycles. The third-order valence-corrected chi connectivity index (χ3v) is 4.51. The highest BCUT2D eigenvalue weighted by atomic mass is 32.2. The van der Waals surface area contributed by atoms with Crippen LogP contribution >= 0.6 is 11.3 Å². The van der Waals surface area contributed by atoms with E-state index in [9.17, 15) is 13.2 Å². The topological polar surface area (TPSA) is 96.4 Å². The number of sulfonamides is 1. The van der Waals surface area contributed by atoms with Gasteiger partial charge < -0.3 is 5.11 Å². The van der Waals surface area contributed by atoms with Gasteiger partial charge >= 0.3 is 5.97 Å². The lowest BCUT2D eigenvalue weighted by Gasteiger charge is -2.07. The highest BCUT2D eigenvalue weighted by Gasteiger charge is 2.13. The molecular weight excluding hydrogens is 300 g/mol. The van der Waals surface area contributed by atoms with Gasteiger partial charge in [-0.2, -0.15) is 0 Å². The predicted octanol–water partition coefficient (Wildman–Crippen LogP) is 2.03. The molecule has 8 heteroatoms. The van der Waals surface area contributed by atoms with Gasteiger partial charge in [0.05, 0.1) is 12.2 Å². The highest BCUT2D eigenvalue weighted by Crippen LogP contribution is 2.24. The quantitative estimate of drug-likeness (QED) is 0.850. The van der Waals surface area contributed by atoms with Crippen molar-refractivity contribution in [1.29, 1.82) is 0 Å². The van der Waals surface area contributed by atoms with Crippen molar-refractivity contribution in [3.05, 3.63) is 35.8 Å². The molecule has 0 radical (unpaired) electrons. The Morgan fingerprint density at radius 2 is 2.20 bits per heavy atom. The number of hydrogen-bond donors (Lipinski definition) is 2. The first kappa shape index (κ1) is 14.5. The number of carbonyl (C=O) groups is 1. The van der Waals surface area contributed by atoms with Crippen LogP contribution in [-0.4, -0.2) is 30.2 Å². The summed E-state index contributed by atoms with van der Waals surface area (Å²) in [6, 6.07) is 6.81. The van der Waals surface area contributed by atoms with Gasteiger partial charge in [0.1, 0.15) is 5.01 Å². The zero-order chi connectivity index (χ0) is 14.6. The second-order valence-electron chi connectivity index (χ2n) is 3.98. The van der Waals surface area contributed by atoms with E-state index in [4.69, 9.17) is 5.11 Å². The minimum absolute atomic E-state index is 0.392. The van der Waals surface area contributed by atoms with Gasteiger partial charge in [-0.1, -0.05) is 12.1 Å². The lowest BCUT2D eigenvalue weighted by atomic mass is 10.2.